The minimum atomic E-state index is -0.540. The topological polar surface area (TPSA) is 66.1 Å². The van der Waals surface area contributed by atoms with E-state index in [0.29, 0.717) is 17.3 Å². The lowest BCUT2D eigenvalue weighted by molar-refractivity contribution is -0.105. The number of nitrogens with zero attached hydrogens (tertiary/aromatic N) is 1. The molecule has 0 aromatic heterocycles. The number of hydrogen-bond acceptors (Lipinski definition) is 4. The number of ether oxygens (including phenoxy) is 3. The van der Waals surface area contributed by atoms with E-state index in [0.717, 1.165) is 5.56 Å². The highest BCUT2D eigenvalue weighted by molar-refractivity contribution is 6.28. The van der Waals surface area contributed by atoms with Crippen LogP contribution in [0, 0.1) is 0 Å². The molecule has 0 unspecified atom stereocenters. The summed E-state index contributed by atoms with van der Waals surface area (Å²) in [5.74, 6) is 1.18. The van der Waals surface area contributed by atoms with Crippen LogP contribution in [0.15, 0.2) is 23.2 Å². The van der Waals surface area contributed by atoms with Crippen LogP contribution in [0.4, 0.5) is 5.69 Å². The van der Waals surface area contributed by atoms with E-state index in [1.165, 1.54) is 0 Å². The summed E-state index contributed by atoms with van der Waals surface area (Å²) in [4.78, 5) is 4.22. The van der Waals surface area contributed by atoms with Gasteiger partial charge >= 0.3 is 0 Å². The summed E-state index contributed by atoms with van der Waals surface area (Å²) in [6.07, 6.45) is -0.540. The number of hydrogen-bond donors (Lipinski definition) is 1. The molecule has 0 fully saturated rings. The van der Waals surface area contributed by atoms with Crippen molar-refractivity contribution in [3.8, 4) is 5.75 Å². The van der Waals surface area contributed by atoms with Crippen LogP contribution in [0.3, 0.4) is 0 Å². The third-order valence-corrected chi connectivity index (χ3v) is 2.59. The van der Waals surface area contributed by atoms with Crippen LogP contribution in [-0.2, 0) is 9.47 Å². The molecule has 18 heavy (non-hydrogen) atoms. The molecule has 100 valence electrons. The maximum atomic E-state index is 5.63. The van der Waals surface area contributed by atoms with Gasteiger partial charge in [0, 0.05) is 19.8 Å². The Morgan fingerprint density at radius 3 is 2.50 bits per heavy atom. The summed E-state index contributed by atoms with van der Waals surface area (Å²) < 4.78 is 15.6. The predicted octanol–water partition coefficient (Wildman–Crippen LogP) is 2.21. The fourth-order valence-electron chi connectivity index (χ4n) is 1.48. The minimum absolute atomic E-state index is 0.163. The lowest BCUT2D eigenvalue weighted by Gasteiger charge is -2.17. The van der Waals surface area contributed by atoms with Gasteiger partial charge < -0.3 is 19.9 Å². The average Bonchev–Trinajstić information content (AvgIpc) is 2.41. The normalized spacial score (nSPS) is 11.9. The van der Waals surface area contributed by atoms with E-state index in [1.54, 1.807) is 39.5 Å². The number of halogens is 1. The summed E-state index contributed by atoms with van der Waals surface area (Å²) in [5, 5.41) is 0. The molecule has 0 heterocycles. The second kappa shape index (κ2) is 7.20. The standard InChI is InChI=1S/C12H17ClN2O3/c1-16-8-4-5-10(15-11(14)7-13)9(6-8)12(17-2)18-3/h4-6,12H,7H2,1-3H3,(H2,14,15). The zero-order valence-electron chi connectivity index (χ0n) is 10.6. The maximum Gasteiger partial charge on any atom is 0.185 e. The van der Waals surface area contributed by atoms with Crippen molar-refractivity contribution >= 4 is 23.1 Å². The molecule has 0 aliphatic carbocycles. The molecule has 0 bridgehead atoms. The van der Waals surface area contributed by atoms with E-state index >= 15 is 0 Å². The first-order valence-electron chi connectivity index (χ1n) is 5.28. The third kappa shape index (κ3) is 3.60. The number of methoxy groups -OCH3 is 3. The van der Waals surface area contributed by atoms with Gasteiger partial charge in [0.15, 0.2) is 6.29 Å². The molecular weight excluding hydrogens is 256 g/mol. The predicted molar refractivity (Wildman–Crippen MR) is 71.8 cm³/mol. The molecule has 0 saturated carbocycles. The summed E-state index contributed by atoms with van der Waals surface area (Å²) >= 11 is 5.62. The Kier molecular flexibility index (Phi) is 5.91. The fourth-order valence-corrected chi connectivity index (χ4v) is 1.54. The lowest BCUT2D eigenvalue weighted by Crippen LogP contribution is -2.13. The largest absolute Gasteiger partial charge is 0.497 e. The molecule has 0 radical (unpaired) electrons. The summed E-state index contributed by atoms with van der Waals surface area (Å²) in [5.41, 5.74) is 7.00. The Morgan fingerprint density at radius 1 is 1.33 bits per heavy atom. The quantitative estimate of drug-likeness (QED) is 0.373. The SMILES string of the molecule is COc1ccc(N=C(N)CCl)c(C(OC)OC)c1. The molecule has 6 heteroatoms. The van der Waals surface area contributed by atoms with Crippen molar-refractivity contribution in [2.24, 2.45) is 10.7 Å². The Morgan fingerprint density at radius 2 is 2.00 bits per heavy atom. The molecule has 0 amide bonds. The molecule has 1 rings (SSSR count). The van der Waals surface area contributed by atoms with Gasteiger partial charge in [-0.25, -0.2) is 4.99 Å². The highest BCUT2D eigenvalue weighted by Gasteiger charge is 2.15. The lowest BCUT2D eigenvalue weighted by atomic mass is 10.1. The molecule has 2 N–H and O–H groups in total. The molecule has 0 aliphatic heterocycles. The van der Waals surface area contributed by atoms with Gasteiger partial charge in [-0.1, -0.05) is 0 Å². The van der Waals surface area contributed by atoms with Gasteiger partial charge in [0.05, 0.1) is 18.7 Å². The number of rotatable bonds is 6. The number of amidine groups is 1. The van der Waals surface area contributed by atoms with E-state index in [1.807, 2.05) is 0 Å². The molecule has 0 atom stereocenters. The Hall–Kier alpha value is -1.30. The Bertz CT molecular complexity index is 420. The van der Waals surface area contributed by atoms with E-state index < -0.39 is 6.29 Å². The third-order valence-electron chi connectivity index (χ3n) is 2.32. The van der Waals surface area contributed by atoms with Crippen molar-refractivity contribution in [3.05, 3.63) is 23.8 Å². The first-order chi connectivity index (χ1) is 8.65. The molecule has 0 aliphatic rings. The second-order valence-electron chi connectivity index (χ2n) is 3.46. The van der Waals surface area contributed by atoms with Crippen LogP contribution in [0.1, 0.15) is 11.9 Å². The van der Waals surface area contributed by atoms with Gasteiger partial charge in [0.1, 0.15) is 11.6 Å². The first kappa shape index (κ1) is 14.8. The van der Waals surface area contributed by atoms with Crippen LogP contribution in [0.5, 0.6) is 5.75 Å². The minimum Gasteiger partial charge on any atom is -0.497 e. The molecule has 0 saturated heterocycles. The van der Waals surface area contributed by atoms with Gasteiger partial charge in [-0.3, -0.25) is 0 Å². The van der Waals surface area contributed by atoms with Crippen molar-refractivity contribution < 1.29 is 14.2 Å². The molecular formula is C12H17ClN2O3. The maximum absolute atomic E-state index is 5.63. The molecule has 1 aromatic carbocycles. The van der Waals surface area contributed by atoms with E-state index in [4.69, 9.17) is 31.5 Å². The zero-order chi connectivity index (χ0) is 13.5. The number of alkyl halides is 1. The number of aliphatic imine (C=N–C) groups is 1. The molecule has 1 aromatic rings. The van der Waals surface area contributed by atoms with Crippen LogP contribution in [0.25, 0.3) is 0 Å². The zero-order valence-corrected chi connectivity index (χ0v) is 11.4. The smallest absolute Gasteiger partial charge is 0.185 e. The van der Waals surface area contributed by atoms with Crippen LogP contribution in [0.2, 0.25) is 0 Å². The van der Waals surface area contributed by atoms with E-state index in [-0.39, 0.29) is 5.88 Å². The van der Waals surface area contributed by atoms with Gasteiger partial charge in [-0.2, -0.15) is 0 Å². The van der Waals surface area contributed by atoms with Crippen molar-refractivity contribution in [1.29, 1.82) is 0 Å². The van der Waals surface area contributed by atoms with Crippen LogP contribution < -0.4 is 10.5 Å². The fraction of sp³-hybridized carbons (Fsp3) is 0.417. The summed E-state index contributed by atoms with van der Waals surface area (Å²) in [6.45, 7) is 0. The summed E-state index contributed by atoms with van der Waals surface area (Å²) in [7, 11) is 4.68. The van der Waals surface area contributed by atoms with E-state index in [9.17, 15) is 0 Å². The van der Waals surface area contributed by atoms with E-state index in [2.05, 4.69) is 4.99 Å². The number of nitrogens with two attached hydrogens (primary N) is 1. The summed E-state index contributed by atoms with van der Waals surface area (Å²) in [6, 6.07) is 5.35. The highest BCUT2D eigenvalue weighted by atomic mass is 35.5. The van der Waals surface area contributed by atoms with Crippen LogP contribution in [-0.4, -0.2) is 33.0 Å². The van der Waals surface area contributed by atoms with Gasteiger partial charge in [0.2, 0.25) is 0 Å². The Labute approximate surface area is 112 Å². The van der Waals surface area contributed by atoms with Crippen molar-refractivity contribution in [3.63, 3.8) is 0 Å². The molecule has 0 spiro atoms. The average molecular weight is 273 g/mol. The van der Waals surface area contributed by atoms with Crippen LogP contribution >= 0.6 is 11.6 Å². The van der Waals surface area contributed by atoms with Crippen molar-refractivity contribution in [2.75, 3.05) is 27.2 Å². The van der Waals surface area contributed by atoms with Crippen molar-refractivity contribution in [1.82, 2.24) is 0 Å². The Balaban J connectivity index is 3.23. The second-order valence-corrected chi connectivity index (χ2v) is 3.73. The molecule has 5 nitrogen and oxygen atoms in total. The highest BCUT2D eigenvalue weighted by Crippen LogP contribution is 2.31. The van der Waals surface area contributed by atoms with Gasteiger partial charge in [-0.15, -0.1) is 11.6 Å². The number of benzene rings is 1. The monoisotopic (exact) mass is 272 g/mol. The van der Waals surface area contributed by atoms with Gasteiger partial charge in [0.25, 0.3) is 0 Å². The first-order valence-corrected chi connectivity index (χ1v) is 5.82. The van der Waals surface area contributed by atoms with Gasteiger partial charge in [-0.05, 0) is 18.2 Å². The van der Waals surface area contributed by atoms with Crippen molar-refractivity contribution in [2.45, 2.75) is 6.29 Å².